The predicted molar refractivity (Wildman–Crippen MR) is 86.2 cm³/mol. The smallest absolute Gasteiger partial charge is 0.410 e. The van der Waals surface area contributed by atoms with Crippen molar-refractivity contribution in [2.45, 2.75) is 51.2 Å². The fourth-order valence-electron chi connectivity index (χ4n) is 2.26. The zero-order valence-corrected chi connectivity index (χ0v) is 14.3. The number of carbonyl (C=O) groups is 2. The first kappa shape index (κ1) is 19.3. The standard InChI is InChI=1S/C16H28N2O5/c1-5-12-22-13(19)17-9-6-16(21)7-10-18(11-8-16)14(20)23-15(2,3)4/h5,21H,1,6-12H2,2-4H3,(H,17,19). The first-order chi connectivity index (χ1) is 10.7. The molecule has 0 aromatic heterocycles. The maximum atomic E-state index is 12.0. The molecular formula is C16H28N2O5. The van der Waals surface area contributed by atoms with Crippen molar-refractivity contribution in [3.63, 3.8) is 0 Å². The largest absolute Gasteiger partial charge is 0.445 e. The van der Waals surface area contributed by atoms with Crippen molar-refractivity contribution in [1.29, 1.82) is 0 Å². The van der Waals surface area contributed by atoms with Crippen LogP contribution < -0.4 is 5.32 Å². The van der Waals surface area contributed by atoms with Crippen LogP contribution in [0.5, 0.6) is 0 Å². The summed E-state index contributed by atoms with van der Waals surface area (Å²) in [5, 5.41) is 13.1. The molecule has 0 bridgehead atoms. The van der Waals surface area contributed by atoms with Gasteiger partial charge in [-0.25, -0.2) is 9.59 Å². The lowest BCUT2D eigenvalue weighted by Crippen LogP contribution is -2.49. The Morgan fingerprint density at radius 1 is 1.35 bits per heavy atom. The number of hydrogen-bond donors (Lipinski definition) is 2. The molecule has 1 heterocycles. The monoisotopic (exact) mass is 328 g/mol. The fourth-order valence-corrected chi connectivity index (χ4v) is 2.26. The molecule has 2 amide bonds. The van der Waals surface area contributed by atoms with E-state index in [1.807, 2.05) is 20.8 Å². The van der Waals surface area contributed by atoms with Gasteiger partial charge in [0, 0.05) is 19.6 Å². The lowest BCUT2D eigenvalue weighted by Gasteiger charge is -2.38. The molecule has 0 aliphatic carbocycles. The highest BCUT2D eigenvalue weighted by molar-refractivity contribution is 5.68. The molecule has 132 valence electrons. The van der Waals surface area contributed by atoms with Crippen LogP contribution in [0.4, 0.5) is 9.59 Å². The van der Waals surface area contributed by atoms with Gasteiger partial charge in [0.1, 0.15) is 12.2 Å². The lowest BCUT2D eigenvalue weighted by molar-refractivity contribution is -0.0359. The van der Waals surface area contributed by atoms with Crippen LogP contribution in [0, 0.1) is 0 Å². The molecule has 1 aliphatic heterocycles. The number of likely N-dealkylation sites (tertiary alicyclic amines) is 1. The van der Waals surface area contributed by atoms with Crippen molar-refractivity contribution in [2.24, 2.45) is 0 Å². The number of carbonyl (C=O) groups excluding carboxylic acids is 2. The molecular weight excluding hydrogens is 300 g/mol. The van der Waals surface area contributed by atoms with E-state index in [4.69, 9.17) is 9.47 Å². The molecule has 23 heavy (non-hydrogen) atoms. The van der Waals surface area contributed by atoms with E-state index in [1.165, 1.54) is 6.08 Å². The van der Waals surface area contributed by atoms with E-state index >= 15 is 0 Å². The molecule has 1 fully saturated rings. The molecule has 7 heteroatoms. The first-order valence-electron chi connectivity index (χ1n) is 7.87. The molecule has 0 saturated carbocycles. The van der Waals surface area contributed by atoms with Crippen LogP contribution in [0.3, 0.4) is 0 Å². The summed E-state index contributed by atoms with van der Waals surface area (Å²) in [6.07, 6.45) is 1.92. The second-order valence-corrected chi connectivity index (χ2v) is 6.76. The molecule has 0 aromatic carbocycles. The summed E-state index contributed by atoms with van der Waals surface area (Å²) >= 11 is 0. The van der Waals surface area contributed by atoms with Crippen molar-refractivity contribution >= 4 is 12.2 Å². The molecule has 1 saturated heterocycles. The van der Waals surface area contributed by atoms with E-state index in [0.29, 0.717) is 38.9 Å². The van der Waals surface area contributed by atoms with Crippen LogP contribution in [-0.2, 0) is 9.47 Å². The van der Waals surface area contributed by atoms with Crippen LogP contribution in [-0.4, -0.2) is 59.6 Å². The Kier molecular flexibility index (Phi) is 6.87. The highest BCUT2D eigenvalue weighted by Gasteiger charge is 2.35. The van der Waals surface area contributed by atoms with Crippen molar-refractivity contribution < 1.29 is 24.2 Å². The zero-order valence-electron chi connectivity index (χ0n) is 14.3. The summed E-state index contributed by atoms with van der Waals surface area (Å²) in [4.78, 5) is 24.9. The summed E-state index contributed by atoms with van der Waals surface area (Å²) < 4.78 is 10.1. The van der Waals surface area contributed by atoms with Crippen LogP contribution in [0.15, 0.2) is 12.7 Å². The Balaban J connectivity index is 2.32. The summed E-state index contributed by atoms with van der Waals surface area (Å²) in [5.41, 5.74) is -1.41. The Morgan fingerprint density at radius 3 is 2.48 bits per heavy atom. The van der Waals surface area contributed by atoms with Crippen LogP contribution in [0.2, 0.25) is 0 Å². The average Bonchev–Trinajstić information content (AvgIpc) is 2.43. The molecule has 0 spiro atoms. The minimum absolute atomic E-state index is 0.154. The van der Waals surface area contributed by atoms with E-state index < -0.39 is 17.3 Å². The number of rotatable bonds is 5. The molecule has 0 radical (unpaired) electrons. The third kappa shape index (κ3) is 7.36. The van der Waals surface area contributed by atoms with Gasteiger partial charge in [-0.1, -0.05) is 12.7 Å². The van der Waals surface area contributed by atoms with Gasteiger partial charge in [-0.05, 0) is 40.0 Å². The second kappa shape index (κ2) is 8.19. The van der Waals surface area contributed by atoms with Gasteiger partial charge in [-0.3, -0.25) is 0 Å². The minimum atomic E-state index is -0.885. The van der Waals surface area contributed by atoms with E-state index in [1.54, 1.807) is 4.90 Å². The SMILES string of the molecule is C=CCOC(=O)NCCC1(O)CCN(C(=O)OC(C)(C)C)CC1. The summed E-state index contributed by atoms with van der Waals surface area (Å²) in [5.74, 6) is 0. The minimum Gasteiger partial charge on any atom is -0.445 e. The summed E-state index contributed by atoms with van der Waals surface area (Å²) in [6.45, 7) is 10.3. The summed E-state index contributed by atoms with van der Waals surface area (Å²) in [7, 11) is 0. The third-order valence-corrected chi connectivity index (χ3v) is 3.54. The predicted octanol–water partition coefficient (Wildman–Crippen LogP) is 2.05. The van der Waals surface area contributed by atoms with Crippen molar-refractivity contribution in [3.8, 4) is 0 Å². The van der Waals surface area contributed by atoms with Gasteiger partial charge in [-0.15, -0.1) is 0 Å². The van der Waals surface area contributed by atoms with Gasteiger partial charge in [0.2, 0.25) is 0 Å². The lowest BCUT2D eigenvalue weighted by atomic mass is 9.88. The molecule has 0 atom stereocenters. The Bertz CT molecular complexity index is 423. The molecule has 1 rings (SSSR count). The normalized spacial score (nSPS) is 17.3. The van der Waals surface area contributed by atoms with Gasteiger partial charge >= 0.3 is 12.2 Å². The molecule has 2 N–H and O–H groups in total. The number of hydrogen-bond acceptors (Lipinski definition) is 5. The molecule has 0 unspecified atom stereocenters. The maximum absolute atomic E-state index is 12.0. The van der Waals surface area contributed by atoms with E-state index in [2.05, 4.69) is 11.9 Å². The number of nitrogens with one attached hydrogen (secondary N) is 1. The Hall–Kier alpha value is -1.76. The average molecular weight is 328 g/mol. The maximum Gasteiger partial charge on any atom is 0.410 e. The number of amides is 2. The number of ether oxygens (including phenoxy) is 2. The number of alkyl carbamates (subject to hydrolysis) is 1. The van der Waals surface area contributed by atoms with Gasteiger partial charge in [0.15, 0.2) is 0 Å². The first-order valence-corrected chi connectivity index (χ1v) is 7.87. The van der Waals surface area contributed by atoms with E-state index in [9.17, 15) is 14.7 Å². The van der Waals surface area contributed by atoms with Crippen LogP contribution in [0.25, 0.3) is 0 Å². The van der Waals surface area contributed by atoms with Crippen molar-refractivity contribution in [2.75, 3.05) is 26.2 Å². The second-order valence-electron chi connectivity index (χ2n) is 6.76. The van der Waals surface area contributed by atoms with Gasteiger partial charge in [-0.2, -0.15) is 0 Å². The van der Waals surface area contributed by atoms with Crippen molar-refractivity contribution in [3.05, 3.63) is 12.7 Å². The highest BCUT2D eigenvalue weighted by atomic mass is 16.6. The van der Waals surface area contributed by atoms with E-state index in [-0.39, 0.29) is 12.7 Å². The van der Waals surface area contributed by atoms with Crippen LogP contribution in [0.1, 0.15) is 40.0 Å². The van der Waals surface area contributed by atoms with Gasteiger partial charge < -0.3 is 24.8 Å². The topological polar surface area (TPSA) is 88.1 Å². The van der Waals surface area contributed by atoms with E-state index in [0.717, 1.165) is 0 Å². The highest BCUT2D eigenvalue weighted by Crippen LogP contribution is 2.26. The fraction of sp³-hybridized carbons (Fsp3) is 0.750. The van der Waals surface area contributed by atoms with Gasteiger partial charge in [0.05, 0.1) is 5.60 Å². The van der Waals surface area contributed by atoms with Gasteiger partial charge in [0.25, 0.3) is 0 Å². The zero-order chi connectivity index (χ0) is 17.5. The number of aliphatic hydroxyl groups is 1. The van der Waals surface area contributed by atoms with Crippen LogP contribution >= 0.6 is 0 Å². The number of nitrogens with zero attached hydrogens (tertiary/aromatic N) is 1. The summed E-state index contributed by atoms with van der Waals surface area (Å²) in [6, 6.07) is 0. The number of piperidine rings is 1. The quantitative estimate of drug-likeness (QED) is 0.754. The third-order valence-electron chi connectivity index (χ3n) is 3.54. The molecule has 7 nitrogen and oxygen atoms in total. The Morgan fingerprint density at radius 2 is 1.96 bits per heavy atom. The van der Waals surface area contributed by atoms with Crippen molar-refractivity contribution in [1.82, 2.24) is 10.2 Å². The molecule has 0 aromatic rings. The Labute approximate surface area is 137 Å². The molecule has 1 aliphatic rings.